The lowest BCUT2D eigenvalue weighted by Gasteiger charge is -2.13. The Kier molecular flexibility index (Phi) is 2.98. The first-order valence-corrected chi connectivity index (χ1v) is 5.35. The highest BCUT2D eigenvalue weighted by Gasteiger charge is 2.26. The van der Waals surface area contributed by atoms with Crippen LogP contribution in [0.25, 0.3) is 0 Å². The van der Waals surface area contributed by atoms with Crippen molar-refractivity contribution < 1.29 is 9.52 Å². The van der Waals surface area contributed by atoms with Gasteiger partial charge in [0.2, 0.25) is 5.43 Å². The Bertz CT molecular complexity index is 419. The lowest BCUT2D eigenvalue weighted by molar-refractivity contribution is 0.281. The standard InChI is InChI=1S/C11H16N2O3/c1-7-3-13(5-9(7)12)4-8-2-10(14)11(15)6-16-8/h2,6-7,9,15H,3-5,12H2,1H3. The van der Waals surface area contributed by atoms with Gasteiger partial charge >= 0.3 is 0 Å². The van der Waals surface area contributed by atoms with Crippen molar-refractivity contribution in [1.82, 2.24) is 4.90 Å². The van der Waals surface area contributed by atoms with E-state index in [0.717, 1.165) is 19.4 Å². The van der Waals surface area contributed by atoms with Crippen molar-refractivity contribution in [2.45, 2.75) is 19.5 Å². The minimum atomic E-state index is -0.405. The smallest absolute Gasteiger partial charge is 0.226 e. The Morgan fingerprint density at radius 1 is 1.62 bits per heavy atom. The Balaban J connectivity index is 2.05. The zero-order chi connectivity index (χ0) is 11.7. The highest BCUT2D eigenvalue weighted by Crippen LogP contribution is 2.17. The molecule has 0 saturated carbocycles. The minimum Gasteiger partial charge on any atom is -0.502 e. The average molecular weight is 224 g/mol. The molecule has 0 spiro atoms. The van der Waals surface area contributed by atoms with E-state index in [1.807, 2.05) is 0 Å². The molecule has 0 bridgehead atoms. The van der Waals surface area contributed by atoms with Gasteiger partial charge in [-0.25, -0.2) is 0 Å². The number of nitrogens with zero attached hydrogens (tertiary/aromatic N) is 1. The molecule has 1 fully saturated rings. The number of hydrogen-bond acceptors (Lipinski definition) is 5. The second kappa shape index (κ2) is 4.27. The highest BCUT2D eigenvalue weighted by molar-refractivity contribution is 5.15. The largest absolute Gasteiger partial charge is 0.502 e. The second-order valence-corrected chi connectivity index (χ2v) is 4.43. The topological polar surface area (TPSA) is 79.7 Å². The summed E-state index contributed by atoms with van der Waals surface area (Å²) in [4.78, 5) is 13.3. The molecule has 2 atom stereocenters. The summed E-state index contributed by atoms with van der Waals surface area (Å²) >= 11 is 0. The molecular formula is C11H16N2O3. The van der Waals surface area contributed by atoms with Crippen LogP contribution in [0.3, 0.4) is 0 Å². The fourth-order valence-electron chi connectivity index (χ4n) is 1.97. The summed E-state index contributed by atoms with van der Waals surface area (Å²) in [5.41, 5.74) is 5.50. The summed E-state index contributed by atoms with van der Waals surface area (Å²) < 4.78 is 5.14. The number of rotatable bonds is 2. The van der Waals surface area contributed by atoms with E-state index < -0.39 is 5.43 Å². The molecule has 2 rings (SSSR count). The zero-order valence-corrected chi connectivity index (χ0v) is 9.22. The van der Waals surface area contributed by atoms with Crippen molar-refractivity contribution in [2.24, 2.45) is 11.7 Å². The van der Waals surface area contributed by atoms with Crippen LogP contribution in [0.2, 0.25) is 0 Å². The van der Waals surface area contributed by atoms with Gasteiger partial charge in [0.05, 0.1) is 6.54 Å². The van der Waals surface area contributed by atoms with Gasteiger partial charge in [-0.15, -0.1) is 0 Å². The molecule has 2 heterocycles. The van der Waals surface area contributed by atoms with Crippen LogP contribution >= 0.6 is 0 Å². The highest BCUT2D eigenvalue weighted by atomic mass is 16.4. The van der Waals surface area contributed by atoms with Crippen molar-refractivity contribution >= 4 is 0 Å². The van der Waals surface area contributed by atoms with E-state index >= 15 is 0 Å². The predicted octanol–water partition coefficient (Wildman–Crippen LogP) is 0.124. The maximum atomic E-state index is 11.2. The van der Waals surface area contributed by atoms with Crippen molar-refractivity contribution in [2.75, 3.05) is 13.1 Å². The molecule has 5 nitrogen and oxygen atoms in total. The van der Waals surface area contributed by atoms with E-state index in [-0.39, 0.29) is 11.8 Å². The normalized spacial score (nSPS) is 26.1. The Morgan fingerprint density at radius 2 is 2.38 bits per heavy atom. The fraction of sp³-hybridized carbons (Fsp3) is 0.545. The summed E-state index contributed by atoms with van der Waals surface area (Å²) in [7, 11) is 0. The maximum absolute atomic E-state index is 11.2. The van der Waals surface area contributed by atoms with Crippen molar-refractivity contribution in [3.8, 4) is 5.75 Å². The summed E-state index contributed by atoms with van der Waals surface area (Å²) in [5.74, 6) is 0.670. The zero-order valence-electron chi connectivity index (χ0n) is 9.22. The summed E-state index contributed by atoms with van der Waals surface area (Å²) in [6.07, 6.45) is 1.08. The third-order valence-corrected chi connectivity index (χ3v) is 2.99. The molecular weight excluding hydrogens is 208 g/mol. The van der Waals surface area contributed by atoms with Gasteiger partial charge in [-0.05, 0) is 5.92 Å². The van der Waals surface area contributed by atoms with Gasteiger partial charge in [0.1, 0.15) is 12.0 Å². The summed E-state index contributed by atoms with van der Waals surface area (Å²) in [6.45, 7) is 4.39. The summed E-state index contributed by atoms with van der Waals surface area (Å²) in [6, 6.07) is 1.51. The molecule has 1 aliphatic rings. The number of hydrogen-bond donors (Lipinski definition) is 2. The monoisotopic (exact) mass is 224 g/mol. The van der Waals surface area contributed by atoms with Gasteiger partial charge in [0.15, 0.2) is 5.75 Å². The third kappa shape index (κ3) is 2.25. The molecule has 1 aromatic heterocycles. The SMILES string of the molecule is CC1CN(Cc2cc(=O)c(O)co2)CC1N. The second-order valence-electron chi connectivity index (χ2n) is 4.43. The quantitative estimate of drug-likeness (QED) is 0.746. The first-order valence-electron chi connectivity index (χ1n) is 5.35. The van der Waals surface area contributed by atoms with Crippen LogP contribution in [-0.4, -0.2) is 29.1 Å². The van der Waals surface area contributed by atoms with Gasteiger partial charge in [-0.2, -0.15) is 0 Å². The van der Waals surface area contributed by atoms with E-state index in [4.69, 9.17) is 15.3 Å². The molecule has 1 aromatic rings. The summed E-state index contributed by atoms with van der Waals surface area (Å²) in [5, 5.41) is 9.05. The molecule has 88 valence electrons. The van der Waals surface area contributed by atoms with Crippen molar-refractivity contribution in [3.05, 3.63) is 28.3 Å². The van der Waals surface area contributed by atoms with Crippen LogP contribution in [0.4, 0.5) is 0 Å². The van der Waals surface area contributed by atoms with Crippen molar-refractivity contribution in [3.63, 3.8) is 0 Å². The minimum absolute atomic E-state index is 0.184. The molecule has 0 aliphatic carbocycles. The molecule has 2 unspecified atom stereocenters. The molecule has 3 N–H and O–H groups in total. The Hall–Kier alpha value is -1.33. The van der Waals surface area contributed by atoms with Gasteiger partial charge in [0, 0.05) is 25.2 Å². The van der Waals surface area contributed by atoms with Gasteiger partial charge in [-0.3, -0.25) is 9.69 Å². The maximum Gasteiger partial charge on any atom is 0.226 e. The predicted molar refractivity (Wildman–Crippen MR) is 59.1 cm³/mol. The lowest BCUT2D eigenvalue weighted by Crippen LogP contribution is -2.28. The molecule has 1 aliphatic heterocycles. The Morgan fingerprint density at radius 3 is 2.94 bits per heavy atom. The molecule has 0 amide bonds. The first kappa shape index (κ1) is 11.2. The first-order chi connectivity index (χ1) is 7.56. The van der Waals surface area contributed by atoms with Crippen LogP contribution in [-0.2, 0) is 6.54 Å². The van der Waals surface area contributed by atoms with E-state index in [1.54, 1.807) is 0 Å². The van der Waals surface area contributed by atoms with E-state index in [2.05, 4.69) is 11.8 Å². The van der Waals surface area contributed by atoms with Gasteiger partial charge in [-0.1, -0.05) is 6.92 Å². The number of aromatic hydroxyl groups is 1. The fourth-order valence-corrected chi connectivity index (χ4v) is 1.97. The molecule has 0 radical (unpaired) electrons. The Labute approximate surface area is 93.5 Å². The van der Waals surface area contributed by atoms with E-state index in [0.29, 0.717) is 18.2 Å². The van der Waals surface area contributed by atoms with Crippen LogP contribution in [0.15, 0.2) is 21.5 Å². The van der Waals surface area contributed by atoms with Gasteiger partial charge < -0.3 is 15.3 Å². The third-order valence-electron chi connectivity index (χ3n) is 2.99. The van der Waals surface area contributed by atoms with Crippen LogP contribution in [0, 0.1) is 5.92 Å². The number of likely N-dealkylation sites (tertiary alicyclic amines) is 1. The van der Waals surface area contributed by atoms with Crippen molar-refractivity contribution in [1.29, 1.82) is 0 Å². The molecule has 16 heavy (non-hydrogen) atoms. The lowest BCUT2D eigenvalue weighted by atomic mass is 10.1. The van der Waals surface area contributed by atoms with Crippen LogP contribution in [0.5, 0.6) is 5.75 Å². The molecule has 0 aromatic carbocycles. The number of nitrogens with two attached hydrogens (primary N) is 1. The van der Waals surface area contributed by atoms with E-state index in [1.165, 1.54) is 6.07 Å². The molecule has 5 heteroatoms. The molecule has 1 saturated heterocycles. The van der Waals surface area contributed by atoms with E-state index in [9.17, 15) is 4.79 Å². The van der Waals surface area contributed by atoms with Crippen LogP contribution in [0.1, 0.15) is 12.7 Å². The van der Waals surface area contributed by atoms with Crippen LogP contribution < -0.4 is 11.2 Å². The van der Waals surface area contributed by atoms with Gasteiger partial charge in [0.25, 0.3) is 0 Å². The average Bonchev–Trinajstić information content (AvgIpc) is 2.52.